The van der Waals surface area contributed by atoms with Crippen molar-refractivity contribution < 1.29 is 4.74 Å². The second-order valence-corrected chi connectivity index (χ2v) is 5.30. The van der Waals surface area contributed by atoms with E-state index in [9.17, 15) is 4.79 Å². The molecule has 1 unspecified atom stereocenters. The lowest BCUT2D eigenvalue weighted by atomic mass is 10.2. The van der Waals surface area contributed by atoms with Gasteiger partial charge in [-0.05, 0) is 6.92 Å². The third kappa shape index (κ3) is 3.20. The van der Waals surface area contributed by atoms with E-state index in [0.717, 1.165) is 18.9 Å². The quantitative estimate of drug-likeness (QED) is 0.884. The van der Waals surface area contributed by atoms with Gasteiger partial charge in [-0.15, -0.1) is 0 Å². The summed E-state index contributed by atoms with van der Waals surface area (Å²) in [5.41, 5.74) is 0.558. The topological polar surface area (TPSA) is 76.0 Å². The molecule has 0 radical (unpaired) electrons. The summed E-state index contributed by atoms with van der Waals surface area (Å²) in [7, 11) is 1.99. The van der Waals surface area contributed by atoms with Crippen LogP contribution in [0.1, 0.15) is 23.4 Å². The van der Waals surface area contributed by atoms with Crippen LogP contribution in [0.3, 0.4) is 0 Å². The molecule has 112 valence electrons. The second-order valence-electron chi connectivity index (χ2n) is 5.30. The highest BCUT2D eigenvalue weighted by atomic mass is 16.5. The Bertz CT molecular complexity index is 678. The standard InChI is InChI=1S/C14H19N5O2/c1-10-16-11(7-14(20)17-10)12-8-19(5-6-21-12)9-13-15-3-4-18(13)2/h3-4,7,12H,5-6,8-9H2,1-2H3,(H,16,17,20). The first-order chi connectivity index (χ1) is 10.1. The Labute approximate surface area is 122 Å². The van der Waals surface area contributed by atoms with E-state index in [0.29, 0.717) is 24.7 Å². The number of rotatable bonds is 3. The van der Waals surface area contributed by atoms with Crippen molar-refractivity contribution in [2.75, 3.05) is 19.7 Å². The predicted molar refractivity (Wildman–Crippen MR) is 76.8 cm³/mol. The molecular formula is C14H19N5O2. The summed E-state index contributed by atoms with van der Waals surface area (Å²) in [6.07, 6.45) is 3.57. The van der Waals surface area contributed by atoms with Gasteiger partial charge in [0.15, 0.2) is 0 Å². The smallest absolute Gasteiger partial charge is 0.251 e. The zero-order valence-corrected chi connectivity index (χ0v) is 12.2. The van der Waals surface area contributed by atoms with Gasteiger partial charge in [0, 0.05) is 38.6 Å². The van der Waals surface area contributed by atoms with Crippen LogP contribution in [0.2, 0.25) is 0 Å². The van der Waals surface area contributed by atoms with Crippen LogP contribution in [0.15, 0.2) is 23.3 Å². The summed E-state index contributed by atoms with van der Waals surface area (Å²) in [5.74, 6) is 1.63. The number of nitrogens with one attached hydrogen (secondary N) is 1. The number of aromatic nitrogens is 4. The average Bonchev–Trinajstić information content (AvgIpc) is 2.84. The summed E-state index contributed by atoms with van der Waals surface area (Å²) in [6, 6.07) is 1.52. The lowest BCUT2D eigenvalue weighted by molar-refractivity contribution is -0.0361. The van der Waals surface area contributed by atoms with Crippen molar-refractivity contribution in [2.24, 2.45) is 7.05 Å². The molecule has 7 heteroatoms. The molecular weight excluding hydrogens is 270 g/mol. The van der Waals surface area contributed by atoms with E-state index in [4.69, 9.17) is 4.74 Å². The first kappa shape index (κ1) is 14.0. The molecule has 1 saturated heterocycles. The minimum atomic E-state index is -0.167. The molecule has 1 fully saturated rings. The maximum absolute atomic E-state index is 11.6. The Morgan fingerprint density at radius 3 is 3.10 bits per heavy atom. The van der Waals surface area contributed by atoms with E-state index >= 15 is 0 Å². The van der Waals surface area contributed by atoms with E-state index in [1.165, 1.54) is 6.07 Å². The number of aromatic amines is 1. The predicted octanol–water partition coefficient (Wildman–Crippen LogP) is 0.385. The first-order valence-electron chi connectivity index (χ1n) is 7.00. The van der Waals surface area contributed by atoms with Crippen molar-refractivity contribution >= 4 is 0 Å². The van der Waals surface area contributed by atoms with E-state index in [1.807, 2.05) is 17.8 Å². The van der Waals surface area contributed by atoms with Gasteiger partial charge in [-0.25, -0.2) is 9.97 Å². The van der Waals surface area contributed by atoms with Gasteiger partial charge in [0.25, 0.3) is 5.56 Å². The summed E-state index contributed by atoms with van der Waals surface area (Å²) >= 11 is 0. The summed E-state index contributed by atoms with van der Waals surface area (Å²) in [4.78, 5) is 25.2. The van der Waals surface area contributed by atoms with Gasteiger partial charge in [0.1, 0.15) is 17.8 Å². The Balaban J connectivity index is 1.73. The summed E-state index contributed by atoms with van der Waals surface area (Å²) in [5, 5.41) is 0. The fourth-order valence-electron chi connectivity index (χ4n) is 2.54. The number of ether oxygens (including phenoxy) is 1. The summed E-state index contributed by atoms with van der Waals surface area (Å²) in [6.45, 7) is 4.74. The van der Waals surface area contributed by atoms with Crippen LogP contribution in [-0.4, -0.2) is 44.1 Å². The highest BCUT2D eigenvalue weighted by Gasteiger charge is 2.24. The van der Waals surface area contributed by atoms with Crippen LogP contribution in [0, 0.1) is 6.92 Å². The van der Waals surface area contributed by atoms with E-state index in [-0.39, 0.29) is 11.7 Å². The molecule has 7 nitrogen and oxygen atoms in total. The van der Waals surface area contributed by atoms with E-state index in [2.05, 4.69) is 19.9 Å². The van der Waals surface area contributed by atoms with E-state index in [1.54, 1.807) is 13.1 Å². The SMILES string of the molecule is Cc1nc(C2CN(Cc3nccn3C)CCO2)cc(=O)[nH]1. The zero-order valence-electron chi connectivity index (χ0n) is 12.2. The first-order valence-corrected chi connectivity index (χ1v) is 7.00. The van der Waals surface area contributed by atoms with Crippen LogP contribution in [0.25, 0.3) is 0 Å². The van der Waals surface area contributed by atoms with Crippen molar-refractivity contribution in [1.29, 1.82) is 0 Å². The molecule has 21 heavy (non-hydrogen) atoms. The number of nitrogens with zero attached hydrogens (tertiary/aromatic N) is 4. The Hall–Kier alpha value is -1.99. The number of H-pyrrole nitrogens is 1. The largest absolute Gasteiger partial charge is 0.369 e. The lowest BCUT2D eigenvalue weighted by Gasteiger charge is -2.32. The molecule has 0 aliphatic carbocycles. The molecule has 1 atom stereocenters. The van der Waals surface area contributed by atoms with Gasteiger partial charge in [-0.2, -0.15) is 0 Å². The molecule has 0 amide bonds. The minimum Gasteiger partial charge on any atom is -0.369 e. The Morgan fingerprint density at radius 2 is 2.38 bits per heavy atom. The summed E-state index contributed by atoms with van der Waals surface area (Å²) < 4.78 is 7.78. The van der Waals surface area contributed by atoms with Crippen molar-refractivity contribution in [3.63, 3.8) is 0 Å². The van der Waals surface area contributed by atoms with E-state index < -0.39 is 0 Å². The number of morpholine rings is 1. The lowest BCUT2D eigenvalue weighted by Crippen LogP contribution is -2.39. The normalized spacial score (nSPS) is 19.8. The number of aryl methyl sites for hydroxylation is 2. The Kier molecular flexibility index (Phi) is 3.85. The highest BCUT2D eigenvalue weighted by molar-refractivity contribution is 5.07. The molecule has 1 aliphatic heterocycles. The number of imidazole rings is 1. The Morgan fingerprint density at radius 1 is 1.52 bits per heavy atom. The molecule has 1 aliphatic rings. The minimum absolute atomic E-state index is 0.137. The van der Waals surface area contributed by atoms with Crippen LogP contribution >= 0.6 is 0 Å². The van der Waals surface area contributed by atoms with Gasteiger partial charge in [-0.3, -0.25) is 9.69 Å². The third-order valence-electron chi connectivity index (χ3n) is 3.65. The molecule has 0 aromatic carbocycles. The maximum atomic E-state index is 11.6. The van der Waals surface area contributed by atoms with Gasteiger partial charge in [-0.1, -0.05) is 0 Å². The van der Waals surface area contributed by atoms with Gasteiger partial charge < -0.3 is 14.3 Å². The van der Waals surface area contributed by atoms with Crippen LogP contribution < -0.4 is 5.56 Å². The molecule has 2 aromatic heterocycles. The fraction of sp³-hybridized carbons (Fsp3) is 0.500. The molecule has 2 aromatic rings. The second kappa shape index (κ2) is 5.79. The molecule has 0 spiro atoms. The molecule has 0 saturated carbocycles. The molecule has 3 rings (SSSR count). The fourth-order valence-corrected chi connectivity index (χ4v) is 2.54. The molecule has 0 bridgehead atoms. The van der Waals surface area contributed by atoms with Crippen molar-refractivity contribution in [3.05, 3.63) is 46.2 Å². The zero-order chi connectivity index (χ0) is 14.8. The number of hydrogen-bond donors (Lipinski definition) is 1. The maximum Gasteiger partial charge on any atom is 0.251 e. The third-order valence-corrected chi connectivity index (χ3v) is 3.65. The average molecular weight is 289 g/mol. The van der Waals surface area contributed by atoms with Crippen molar-refractivity contribution in [1.82, 2.24) is 24.4 Å². The monoisotopic (exact) mass is 289 g/mol. The van der Waals surface area contributed by atoms with Crippen LogP contribution in [-0.2, 0) is 18.3 Å². The van der Waals surface area contributed by atoms with Gasteiger partial charge >= 0.3 is 0 Å². The number of hydrogen-bond acceptors (Lipinski definition) is 5. The van der Waals surface area contributed by atoms with Crippen LogP contribution in [0.5, 0.6) is 0 Å². The molecule has 3 heterocycles. The van der Waals surface area contributed by atoms with Crippen molar-refractivity contribution in [2.45, 2.75) is 19.6 Å². The highest BCUT2D eigenvalue weighted by Crippen LogP contribution is 2.20. The van der Waals surface area contributed by atoms with Crippen LogP contribution in [0.4, 0.5) is 0 Å². The molecule has 1 N–H and O–H groups in total. The van der Waals surface area contributed by atoms with Gasteiger partial charge in [0.05, 0.1) is 18.8 Å². The van der Waals surface area contributed by atoms with Gasteiger partial charge in [0.2, 0.25) is 0 Å². The van der Waals surface area contributed by atoms with Crippen molar-refractivity contribution in [3.8, 4) is 0 Å².